The number of amides is 8. The van der Waals surface area contributed by atoms with Crippen molar-refractivity contribution >= 4 is 53.2 Å². The minimum absolute atomic E-state index is 0.107. The lowest BCUT2D eigenvalue weighted by Crippen LogP contribution is -2.60. The highest BCUT2D eigenvalue weighted by molar-refractivity contribution is 5.97. The number of nitrogens with one attached hydrogen (secondary N) is 7. The molecule has 1 heterocycles. The van der Waals surface area contributed by atoms with Crippen LogP contribution in [0.3, 0.4) is 0 Å². The number of nitrogens with zero attached hydrogens (tertiary/aromatic N) is 1. The molecule has 1 aliphatic heterocycles. The summed E-state index contributed by atoms with van der Waals surface area (Å²) in [5.41, 5.74) is 11.8. The van der Waals surface area contributed by atoms with Gasteiger partial charge >= 0.3 is 5.97 Å². The number of hydrogen-bond acceptors (Lipinski definition) is 12. The summed E-state index contributed by atoms with van der Waals surface area (Å²) in [5, 5.41) is 38.6. The number of rotatable bonds is 30. The first kappa shape index (κ1) is 60.1. The molecule has 0 bridgehead atoms. The molecule has 384 valence electrons. The van der Waals surface area contributed by atoms with Gasteiger partial charge in [0.1, 0.15) is 42.3 Å². The lowest BCUT2D eigenvalue weighted by Gasteiger charge is -2.30. The Hall–Kier alpha value is -4.89. The number of carbonyl (C=O) groups is 9. The van der Waals surface area contributed by atoms with Crippen LogP contribution in [0.5, 0.6) is 0 Å². The van der Waals surface area contributed by atoms with Gasteiger partial charge in [0.25, 0.3) is 0 Å². The van der Waals surface area contributed by atoms with Crippen LogP contribution in [-0.4, -0.2) is 142 Å². The normalized spacial score (nSPS) is 18.3. The Morgan fingerprint density at radius 2 is 1.15 bits per heavy atom. The van der Waals surface area contributed by atoms with Crippen molar-refractivity contribution < 1.29 is 53.4 Å². The van der Waals surface area contributed by atoms with Crippen molar-refractivity contribution in [2.45, 2.75) is 188 Å². The SMILES string of the molecule is CC[C@H](C)[C@H](NC(=O)[C@@H](NC(=O)[C@H](CC(C)C)NC(=O)[C@H](CC(C)C)NC(=O)CNC(=O)[C@@H](NC(=O)[C@H](CCCCN)NC(=O)[C@@H]1CCCN1C(=O)[C@@H](N)C(C)C)[C@@H](C)O)[C@@H](C)CC)C(=O)O. The molecular weight excluding hydrogens is 869 g/mol. The van der Waals surface area contributed by atoms with Crippen LogP contribution < -0.4 is 48.7 Å². The van der Waals surface area contributed by atoms with Gasteiger partial charge in [-0.2, -0.15) is 0 Å². The molecule has 21 heteroatoms. The molecule has 0 radical (unpaired) electrons. The molecule has 1 rings (SSSR count). The van der Waals surface area contributed by atoms with Gasteiger partial charge in [0.05, 0.1) is 18.7 Å². The fourth-order valence-electron chi connectivity index (χ4n) is 7.55. The summed E-state index contributed by atoms with van der Waals surface area (Å²) >= 11 is 0. The Bertz CT molecular complexity index is 1660. The Balaban J connectivity index is 3.17. The van der Waals surface area contributed by atoms with Gasteiger partial charge < -0.3 is 63.8 Å². The number of nitrogens with two attached hydrogens (primary N) is 2. The number of aliphatic carboxylic acids is 1. The molecule has 1 aliphatic rings. The van der Waals surface area contributed by atoms with Crippen LogP contribution in [0.1, 0.15) is 134 Å². The van der Waals surface area contributed by atoms with Crippen LogP contribution in [0.4, 0.5) is 0 Å². The van der Waals surface area contributed by atoms with Crippen LogP contribution in [-0.2, 0) is 43.2 Å². The van der Waals surface area contributed by atoms with Gasteiger partial charge in [-0.25, -0.2) is 4.79 Å². The van der Waals surface area contributed by atoms with Crippen LogP contribution in [0.25, 0.3) is 0 Å². The van der Waals surface area contributed by atoms with E-state index in [4.69, 9.17) is 11.5 Å². The zero-order chi connectivity index (χ0) is 51.3. The smallest absolute Gasteiger partial charge is 0.326 e. The summed E-state index contributed by atoms with van der Waals surface area (Å²) < 4.78 is 0. The number of unbranched alkanes of at least 4 members (excludes halogenated alkanes) is 1. The molecular formula is C46H84N10O11. The van der Waals surface area contributed by atoms with E-state index in [2.05, 4.69) is 37.2 Å². The number of hydrogen-bond donors (Lipinski definition) is 11. The molecule has 21 nitrogen and oxygen atoms in total. The second-order valence-electron chi connectivity index (χ2n) is 19.3. The topological polar surface area (TPSA) is 334 Å². The maximum absolute atomic E-state index is 13.9. The van der Waals surface area contributed by atoms with Crippen molar-refractivity contribution in [3.63, 3.8) is 0 Å². The molecule has 0 saturated carbocycles. The Morgan fingerprint density at radius 3 is 1.66 bits per heavy atom. The van der Waals surface area contributed by atoms with Crippen molar-refractivity contribution in [2.75, 3.05) is 19.6 Å². The maximum Gasteiger partial charge on any atom is 0.326 e. The number of carboxylic acids is 1. The fourth-order valence-corrected chi connectivity index (χ4v) is 7.55. The van der Waals surface area contributed by atoms with Gasteiger partial charge in [0.15, 0.2) is 0 Å². The Kier molecular flexibility index (Phi) is 26.7. The first-order chi connectivity index (χ1) is 31.3. The summed E-state index contributed by atoms with van der Waals surface area (Å²) in [6, 6.07) is -9.02. The van der Waals surface area contributed by atoms with E-state index in [1.807, 2.05) is 34.6 Å². The van der Waals surface area contributed by atoms with E-state index in [9.17, 15) is 53.4 Å². The van der Waals surface area contributed by atoms with Crippen LogP contribution in [0.15, 0.2) is 0 Å². The monoisotopic (exact) mass is 953 g/mol. The molecule has 0 aromatic rings. The molecule has 1 saturated heterocycles. The molecule has 0 aromatic carbocycles. The van der Waals surface area contributed by atoms with Crippen molar-refractivity contribution in [1.82, 2.24) is 42.1 Å². The number of aliphatic hydroxyl groups is 1. The number of carboxylic acid groups (broad SMARTS) is 1. The molecule has 1 fully saturated rings. The largest absolute Gasteiger partial charge is 0.480 e. The minimum atomic E-state index is -1.57. The Labute approximate surface area is 396 Å². The number of aliphatic hydroxyl groups excluding tert-OH is 1. The van der Waals surface area contributed by atoms with E-state index < -0.39 is 114 Å². The third-order valence-electron chi connectivity index (χ3n) is 12.2. The average Bonchev–Trinajstić information content (AvgIpc) is 3.76. The highest BCUT2D eigenvalue weighted by Gasteiger charge is 2.39. The lowest BCUT2D eigenvalue weighted by atomic mass is 9.94. The summed E-state index contributed by atoms with van der Waals surface area (Å²) in [4.78, 5) is 122. The van der Waals surface area contributed by atoms with Gasteiger partial charge in [-0.15, -0.1) is 0 Å². The van der Waals surface area contributed by atoms with Gasteiger partial charge in [0, 0.05) is 6.54 Å². The summed E-state index contributed by atoms with van der Waals surface area (Å²) in [5.74, 6) is -7.88. The van der Waals surface area contributed by atoms with E-state index >= 15 is 0 Å². The number of likely N-dealkylation sites (tertiary alicyclic amines) is 1. The predicted molar refractivity (Wildman–Crippen MR) is 252 cm³/mol. The lowest BCUT2D eigenvalue weighted by molar-refractivity contribution is -0.144. The predicted octanol–water partition coefficient (Wildman–Crippen LogP) is -0.236. The van der Waals surface area contributed by atoms with E-state index in [-0.39, 0.29) is 48.8 Å². The van der Waals surface area contributed by atoms with Crippen molar-refractivity contribution in [1.29, 1.82) is 0 Å². The number of carbonyl (C=O) groups excluding carboxylic acids is 8. The molecule has 8 amide bonds. The average molecular weight is 953 g/mol. The molecule has 0 aliphatic carbocycles. The van der Waals surface area contributed by atoms with Crippen molar-refractivity contribution in [2.24, 2.45) is 41.1 Å². The third kappa shape index (κ3) is 20.1. The summed E-state index contributed by atoms with van der Waals surface area (Å²) in [7, 11) is 0. The van der Waals surface area contributed by atoms with E-state index in [0.29, 0.717) is 51.6 Å². The van der Waals surface area contributed by atoms with Crippen LogP contribution in [0, 0.1) is 29.6 Å². The van der Waals surface area contributed by atoms with E-state index in [1.165, 1.54) is 11.8 Å². The first-order valence-electron chi connectivity index (χ1n) is 24.1. The third-order valence-corrected chi connectivity index (χ3v) is 12.2. The van der Waals surface area contributed by atoms with Crippen molar-refractivity contribution in [3.8, 4) is 0 Å². The molecule has 0 spiro atoms. The molecule has 11 atom stereocenters. The highest BCUT2D eigenvalue weighted by atomic mass is 16.4. The van der Waals surface area contributed by atoms with Crippen LogP contribution >= 0.6 is 0 Å². The van der Waals surface area contributed by atoms with Gasteiger partial charge in [-0.05, 0) is 88.0 Å². The first-order valence-corrected chi connectivity index (χ1v) is 24.1. The van der Waals surface area contributed by atoms with Crippen molar-refractivity contribution in [3.05, 3.63) is 0 Å². The van der Waals surface area contributed by atoms with Gasteiger partial charge in [-0.1, -0.05) is 82.1 Å². The minimum Gasteiger partial charge on any atom is -0.480 e. The zero-order valence-electron chi connectivity index (χ0n) is 41.7. The van der Waals surface area contributed by atoms with E-state index in [0.717, 1.165) is 0 Å². The summed E-state index contributed by atoms with van der Waals surface area (Å²) in [6.45, 7) is 19.2. The molecule has 13 N–H and O–H groups in total. The second-order valence-corrected chi connectivity index (χ2v) is 19.3. The fraction of sp³-hybridized carbons (Fsp3) is 0.804. The molecule has 67 heavy (non-hydrogen) atoms. The standard InChI is InChI=1S/C46H84N10O11/c1-12-27(9)36(44(64)54-37(46(66)67)28(10)13-2)53-41(61)32(22-25(5)6)52-40(60)31(21-24(3)4)50-34(58)23-49-43(63)38(29(11)57)55-39(59)30(17-14-15-19-47)51-42(62)33-18-16-20-56(33)45(65)35(48)26(7)8/h24-33,35-38,57H,12-23,47-48H2,1-11H3,(H,49,63)(H,50,58)(H,51,62)(H,52,60)(H,53,61)(H,54,64)(H,55,59)(H,66,67)/t27-,28-,29+,30-,31-,32-,33-,35-,36-,37-,38-/m0/s1. The molecule has 0 unspecified atom stereocenters. The van der Waals surface area contributed by atoms with E-state index in [1.54, 1.807) is 34.6 Å². The Morgan fingerprint density at radius 1 is 0.642 bits per heavy atom. The maximum atomic E-state index is 13.9. The zero-order valence-corrected chi connectivity index (χ0v) is 41.7. The quantitative estimate of drug-likeness (QED) is 0.0415. The van der Waals surface area contributed by atoms with Gasteiger partial charge in [-0.3, -0.25) is 38.4 Å². The second kappa shape index (κ2) is 29.8. The summed E-state index contributed by atoms with van der Waals surface area (Å²) in [6.07, 6.45) is 1.81. The highest BCUT2D eigenvalue weighted by Crippen LogP contribution is 2.21. The van der Waals surface area contributed by atoms with Gasteiger partial charge in [0.2, 0.25) is 47.3 Å². The molecule has 0 aromatic heterocycles. The van der Waals surface area contributed by atoms with Crippen LogP contribution in [0.2, 0.25) is 0 Å².